The number of hydrogen-bond acceptors (Lipinski definition) is 26. The number of ether oxygens (including phenoxy) is 9. The monoisotopic (exact) mass is 1480 g/mol. The van der Waals surface area contributed by atoms with Gasteiger partial charge in [0.1, 0.15) is 65.4 Å². The highest BCUT2D eigenvalue weighted by Gasteiger charge is 2.55. The minimum atomic E-state index is -1.99. The lowest BCUT2D eigenvalue weighted by atomic mass is 9.74. The minimum absolute atomic E-state index is 0.0936. The van der Waals surface area contributed by atoms with Crippen LogP contribution in [0.4, 0.5) is 20.6 Å². The number of morpholine rings is 1. The van der Waals surface area contributed by atoms with Crippen LogP contribution in [0, 0.1) is 35.4 Å². The highest BCUT2D eigenvalue weighted by Crippen LogP contribution is 2.42. The van der Waals surface area contributed by atoms with Gasteiger partial charge in [-0.05, 0) is 132 Å². The summed E-state index contributed by atoms with van der Waals surface area (Å²) in [6, 6.07) is 3.37. The summed E-state index contributed by atoms with van der Waals surface area (Å²) in [6.07, 6.45) is -11.1. The van der Waals surface area contributed by atoms with Crippen molar-refractivity contribution in [3.63, 3.8) is 0 Å². The van der Waals surface area contributed by atoms with E-state index in [1.54, 1.807) is 66.9 Å². The number of amides is 3. The molecule has 0 radical (unpaired) electrons. The molecule has 12 unspecified atom stereocenters. The number of carbonyl (C=O) groups excluding carboxylic acids is 5. The number of Topliss-reactive ketones (excluding diaryl/α,β-unsaturated/α-hetero) is 1. The number of methoxy groups -OCH3 is 1. The number of alkyl halides is 1. The molecule has 7 aliphatic heterocycles. The van der Waals surface area contributed by atoms with Gasteiger partial charge in [0, 0.05) is 63.9 Å². The third kappa shape index (κ3) is 21.1. The van der Waals surface area contributed by atoms with E-state index in [1.807, 2.05) is 42.8 Å². The van der Waals surface area contributed by atoms with Crippen molar-refractivity contribution in [1.29, 1.82) is 0 Å². The Bertz CT molecular complexity index is 2850. The van der Waals surface area contributed by atoms with Gasteiger partial charge in [-0.15, -0.1) is 23.4 Å². The van der Waals surface area contributed by atoms with Gasteiger partial charge in [0.05, 0.1) is 96.2 Å². The molecule has 0 bridgehead atoms. The Morgan fingerprint density at radius 3 is 2.09 bits per heavy atom. The largest absolute Gasteiger partial charge is 0.459 e. The molecular weight excluding hydrogens is 1360 g/mol. The average molecular weight is 1480 g/mol. The quantitative estimate of drug-likeness (QED) is 0.0790. The molecule has 1 aromatic rings. The lowest BCUT2D eigenvalue weighted by Crippen LogP contribution is -2.65. The Morgan fingerprint density at radius 1 is 0.861 bits per heavy atom. The summed E-state index contributed by atoms with van der Waals surface area (Å²) in [6.45, 7) is 25.0. The third-order valence-corrected chi connectivity index (χ3v) is 22.3. The van der Waals surface area contributed by atoms with Crippen LogP contribution >= 0.6 is 23.4 Å². The molecule has 10 N–H and O–H groups in total. The van der Waals surface area contributed by atoms with E-state index >= 15 is 0 Å². The number of anilines is 2. The molecule has 28 nitrogen and oxygen atoms in total. The van der Waals surface area contributed by atoms with Gasteiger partial charge in [-0.2, -0.15) is 0 Å². The summed E-state index contributed by atoms with van der Waals surface area (Å²) in [5.41, 5.74) is -4.65. The smallest absolute Gasteiger partial charge is 0.416 e. The molecule has 0 saturated carbocycles. The van der Waals surface area contributed by atoms with Crippen LogP contribution in [0.3, 0.4) is 0 Å². The van der Waals surface area contributed by atoms with Crippen molar-refractivity contribution in [3.05, 3.63) is 24.0 Å². The number of carbonyl (C=O) groups is 5. The Kier molecular flexibility index (Phi) is 31.7. The third-order valence-electron chi connectivity index (χ3n) is 21.2. The molecule has 7 saturated heterocycles. The minimum Gasteiger partial charge on any atom is -0.459 e. The van der Waals surface area contributed by atoms with E-state index < -0.39 is 167 Å². The number of aliphatic hydroxyl groups is 8. The standard InChI is InChI=1S/C37H67NO13.C18H33ClN2O5S.C15H18FN3O4/c1-14-25-37(10,45)30(41)20(4)27(39)18(2)16-35(8,44)32(51-34-28(40)24(38(11)12)15-19(3)47-34)21(5)29(22(6)33(43)49-25)50-26-17-36(9,46-13)31(42)23(7)48-26;1-5-6-10-7-11(21(3)8-10)17(25)20-12(9(2)19)16-14(23)13(22)15(24)18(26-16)27-4;1-10(20)17-14-9-19(15(21)23-14)11-2-3-13(12(16)8-11)18-4-6-22-7-5-18/h18-26,28-32,34,40-42,44-45H,14-17H2,1-13H3;9-16,18,22-24H,5-8H2,1-4H3,(H,20,25);2-3,8,14H,4-7,9H2,1H3,(H,17,20)/t18-,19?,20+,21+,22-,23?,24?,25-,26?,28?,29+,30-,31?,32-,34?,35-,36?,37-;9?,10-,11-,12?,13+,14+,15?,16?,18+;14-/m101/s1. The second-order valence-corrected chi connectivity index (χ2v) is 31.2. The van der Waals surface area contributed by atoms with Crippen LogP contribution in [0.5, 0.6) is 0 Å². The van der Waals surface area contributed by atoms with Crippen LogP contribution in [0.25, 0.3) is 0 Å². The molecule has 7 fully saturated rings. The number of nitrogens with one attached hydrogen (secondary N) is 2. The fraction of sp³-hybridized carbons (Fsp3) is 0.843. The molecule has 0 aliphatic carbocycles. The Balaban J connectivity index is 0.000000266. The number of likely N-dealkylation sites (N-methyl/N-ethyl adjacent to an activating group) is 2. The number of esters is 1. The fourth-order valence-corrected chi connectivity index (χ4v) is 16.1. The van der Waals surface area contributed by atoms with Crippen molar-refractivity contribution < 1.29 is 112 Å². The number of aliphatic hydroxyl groups excluding tert-OH is 6. The van der Waals surface area contributed by atoms with Gasteiger partial charge in [-0.1, -0.05) is 41.0 Å². The number of cyclic esters (lactones) is 2. The van der Waals surface area contributed by atoms with Crippen LogP contribution in [0.1, 0.15) is 135 Å². The SMILES string of the molecule is CC(=O)N[C@H]1CN(c2ccc(N3CCOCC3)c(F)c2)C(=O)O1.CCC[C@H]1C[C@@H](C(=O)NC(C(C)Cl)C2O[C@H](SC)C(O)[C@H](O)[C@H]2O)N(C)C1.CC[C@H]1OC(=O)[C@H](C)[C@@H](OC2CC(C)(OC)C(O)C(C)O2)[C@H](C)[C@@H](OC2OC(C)CC(N(C)C)C2O)[C@](C)(O)C[C@@H](C)C(=O)[C@H](C)[C@@H](O)[C@]1(C)O. The molecule has 3 amide bonds. The summed E-state index contributed by atoms with van der Waals surface area (Å²) < 4.78 is 67.5. The van der Waals surface area contributed by atoms with Gasteiger partial charge in [0.2, 0.25) is 11.8 Å². The molecule has 7 aliphatic rings. The van der Waals surface area contributed by atoms with Crippen molar-refractivity contribution in [2.45, 2.75) is 273 Å². The maximum atomic E-state index is 14.4. The number of thioether (sulfide) groups is 1. The summed E-state index contributed by atoms with van der Waals surface area (Å²) in [5, 5.41) is 93.1. The fourth-order valence-electron chi connectivity index (χ4n) is 15.2. The van der Waals surface area contributed by atoms with Gasteiger partial charge in [0.15, 0.2) is 18.8 Å². The first-order chi connectivity index (χ1) is 47.2. The lowest BCUT2D eigenvalue weighted by molar-refractivity contribution is -0.318. The number of ketones is 1. The predicted molar refractivity (Wildman–Crippen MR) is 374 cm³/mol. The average Bonchev–Trinajstić information content (AvgIpc) is 1.47. The lowest BCUT2D eigenvalue weighted by Gasteiger charge is -2.49. The second-order valence-electron chi connectivity index (χ2n) is 29.6. The number of hydrogen-bond donors (Lipinski definition) is 10. The van der Waals surface area contributed by atoms with Crippen LogP contribution in [-0.4, -0.2) is 292 Å². The highest BCUT2D eigenvalue weighted by atomic mass is 35.5. The number of halogens is 2. The molecule has 101 heavy (non-hydrogen) atoms. The Morgan fingerprint density at radius 2 is 1.51 bits per heavy atom. The molecule has 28 atom stereocenters. The first-order valence-corrected chi connectivity index (χ1v) is 37.2. The molecule has 0 aromatic heterocycles. The van der Waals surface area contributed by atoms with Gasteiger partial charge < -0.3 is 104 Å². The highest BCUT2D eigenvalue weighted by molar-refractivity contribution is 7.99. The topological polar surface area (TPSA) is 367 Å². The van der Waals surface area contributed by atoms with Crippen molar-refractivity contribution >= 4 is 64.4 Å². The molecule has 1 aromatic carbocycles. The first kappa shape index (κ1) is 86.2. The second kappa shape index (κ2) is 37.2. The van der Waals surface area contributed by atoms with E-state index in [0.29, 0.717) is 50.0 Å². The maximum absolute atomic E-state index is 14.4. The van der Waals surface area contributed by atoms with Crippen LogP contribution < -0.4 is 20.4 Å². The van der Waals surface area contributed by atoms with Gasteiger partial charge in [0.25, 0.3) is 0 Å². The molecule has 8 rings (SSSR count). The number of likely N-dealkylation sites (tertiary alicyclic amines) is 1. The zero-order valence-corrected chi connectivity index (χ0v) is 63.7. The maximum Gasteiger partial charge on any atom is 0.416 e. The van der Waals surface area contributed by atoms with Crippen LogP contribution in [-0.2, 0) is 61.8 Å². The predicted octanol–water partition coefficient (Wildman–Crippen LogP) is 3.26. The van der Waals surface area contributed by atoms with Gasteiger partial charge >= 0.3 is 12.1 Å². The summed E-state index contributed by atoms with van der Waals surface area (Å²) >= 11 is 7.55. The molecule has 0 spiro atoms. The van der Waals surface area contributed by atoms with E-state index in [0.717, 1.165) is 25.8 Å². The molecule has 7 heterocycles. The molecular formula is C70H118ClFN6O22S. The number of nitrogens with zero attached hydrogens (tertiary/aromatic N) is 4. The Labute approximate surface area is 604 Å². The first-order valence-electron chi connectivity index (χ1n) is 35.5. The van der Waals surface area contributed by atoms with E-state index in [-0.39, 0.29) is 55.8 Å². The zero-order valence-electron chi connectivity index (χ0n) is 62.1. The van der Waals surface area contributed by atoms with Crippen molar-refractivity contribution in [3.8, 4) is 0 Å². The van der Waals surface area contributed by atoms with Crippen molar-refractivity contribution in [1.82, 2.24) is 20.4 Å². The summed E-state index contributed by atoms with van der Waals surface area (Å²) in [7, 11) is 7.12. The van der Waals surface area contributed by atoms with E-state index in [9.17, 15) is 69.2 Å². The van der Waals surface area contributed by atoms with Crippen molar-refractivity contribution in [2.75, 3.05) is 83.7 Å². The molecule has 31 heteroatoms. The number of rotatable bonds is 17. The zero-order chi connectivity index (χ0) is 75.7. The normalized spacial score (nSPS) is 40.6. The molecule has 580 valence electrons. The van der Waals surface area contributed by atoms with Crippen LogP contribution in [0.15, 0.2) is 18.2 Å². The van der Waals surface area contributed by atoms with E-state index in [2.05, 4.69) is 17.6 Å². The Hall–Kier alpha value is -3.74. The summed E-state index contributed by atoms with van der Waals surface area (Å²) in [4.78, 5) is 70.8. The number of benzene rings is 1. The van der Waals surface area contributed by atoms with E-state index in [1.165, 1.54) is 57.5 Å². The van der Waals surface area contributed by atoms with Gasteiger partial charge in [-0.3, -0.25) is 29.0 Å². The van der Waals surface area contributed by atoms with E-state index in [4.69, 9.17) is 54.2 Å². The van der Waals surface area contributed by atoms with Crippen LogP contribution in [0.2, 0.25) is 0 Å². The van der Waals surface area contributed by atoms with Gasteiger partial charge in [-0.25, -0.2) is 9.18 Å². The van der Waals surface area contributed by atoms with Crippen molar-refractivity contribution in [2.24, 2.45) is 29.6 Å². The summed E-state index contributed by atoms with van der Waals surface area (Å²) in [5.74, 6) is -5.32.